The normalized spacial score (nSPS) is 17.9. The first-order valence-corrected chi connectivity index (χ1v) is 6.56. The number of methoxy groups -OCH3 is 1. The summed E-state index contributed by atoms with van der Waals surface area (Å²) in [6, 6.07) is 8.13. The van der Waals surface area contributed by atoms with Crippen LogP contribution >= 0.6 is 12.2 Å². The van der Waals surface area contributed by atoms with Crippen molar-refractivity contribution >= 4 is 17.2 Å². The molecule has 0 heterocycles. The van der Waals surface area contributed by atoms with E-state index in [4.69, 9.17) is 22.7 Å². The van der Waals surface area contributed by atoms with E-state index in [0.717, 1.165) is 5.75 Å². The van der Waals surface area contributed by atoms with Gasteiger partial charge in [-0.15, -0.1) is 0 Å². The van der Waals surface area contributed by atoms with Crippen molar-refractivity contribution < 1.29 is 4.74 Å². The van der Waals surface area contributed by atoms with Gasteiger partial charge in [-0.3, -0.25) is 0 Å². The summed E-state index contributed by atoms with van der Waals surface area (Å²) in [6.45, 7) is 0. The van der Waals surface area contributed by atoms with Crippen LogP contribution in [0, 0.1) is 5.92 Å². The van der Waals surface area contributed by atoms with Crippen LogP contribution in [0.5, 0.6) is 5.75 Å². The zero-order valence-electron chi connectivity index (χ0n) is 10.2. The average molecular weight is 249 g/mol. The third kappa shape index (κ3) is 2.78. The van der Waals surface area contributed by atoms with Gasteiger partial charge in [-0.05, 0) is 36.5 Å². The lowest BCUT2D eigenvalue weighted by Crippen LogP contribution is -2.25. The Morgan fingerprint density at radius 2 is 1.88 bits per heavy atom. The minimum absolute atomic E-state index is 0.235. The van der Waals surface area contributed by atoms with Crippen LogP contribution in [-0.4, -0.2) is 12.1 Å². The Hall–Kier alpha value is -1.09. The van der Waals surface area contributed by atoms with E-state index in [-0.39, 0.29) is 5.92 Å². The molecule has 0 bridgehead atoms. The average Bonchev–Trinajstić information content (AvgIpc) is 2.83. The number of nitrogens with two attached hydrogens (primary N) is 1. The van der Waals surface area contributed by atoms with Crippen LogP contribution in [0.25, 0.3) is 0 Å². The maximum Gasteiger partial charge on any atom is 0.118 e. The van der Waals surface area contributed by atoms with E-state index in [0.29, 0.717) is 10.9 Å². The van der Waals surface area contributed by atoms with Crippen LogP contribution in [0.2, 0.25) is 0 Å². The largest absolute Gasteiger partial charge is 0.497 e. The number of benzene rings is 1. The summed E-state index contributed by atoms with van der Waals surface area (Å²) in [5, 5.41) is 0. The summed E-state index contributed by atoms with van der Waals surface area (Å²) in [7, 11) is 1.68. The topological polar surface area (TPSA) is 35.2 Å². The molecule has 3 heteroatoms. The number of thiocarbonyl (C=S) groups is 1. The van der Waals surface area contributed by atoms with Crippen LogP contribution in [0.3, 0.4) is 0 Å². The molecular weight excluding hydrogens is 230 g/mol. The highest BCUT2D eigenvalue weighted by molar-refractivity contribution is 7.80. The van der Waals surface area contributed by atoms with Gasteiger partial charge in [-0.1, -0.05) is 37.2 Å². The van der Waals surface area contributed by atoms with Gasteiger partial charge in [0, 0.05) is 5.92 Å². The van der Waals surface area contributed by atoms with Gasteiger partial charge < -0.3 is 10.5 Å². The van der Waals surface area contributed by atoms with Crippen molar-refractivity contribution in [2.75, 3.05) is 7.11 Å². The third-order valence-corrected chi connectivity index (χ3v) is 3.91. The maximum atomic E-state index is 5.92. The highest BCUT2D eigenvalue weighted by Gasteiger charge is 2.28. The number of rotatable bonds is 4. The molecule has 1 aliphatic carbocycles. The second-order valence-corrected chi connectivity index (χ2v) is 5.17. The molecule has 0 amide bonds. The fourth-order valence-corrected chi connectivity index (χ4v) is 3.10. The molecule has 0 saturated heterocycles. The van der Waals surface area contributed by atoms with Gasteiger partial charge in [-0.2, -0.15) is 0 Å². The van der Waals surface area contributed by atoms with Gasteiger partial charge in [0.1, 0.15) is 5.75 Å². The molecule has 2 rings (SSSR count). The molecular formula is C14H19NOS. The Kier molecular flexibility index (Phi) is 4.00. The molecule has 0 aromatic heterocycles. The van der Waals surface area contributed by atoms with E-state index < -0.39 is 0 Å². The molecule has 1 aromatic rings. The number of ether oxygens (including phenoxy) is 1. The monoisotopic (exact) mass is 249 g/mol. The van der Waals surface area contributed by atoms with Crippen LogP contribution in [0.4, 0.5) is 0 Å². The zero-order chi connectivity index (χ0) is 12.3. The Bertz CT molecular complexity index is 382. The maximum absolute atomic E-state index is 5.92. The SMILES string of the molecule is COc1ccc(C(C(N)=S)C2CCCC2)cc1. The zero-order valence-corrected chi connectivity index (χ0v) is 11.0. The van der Waals surface area contributed by atoms with Gasteiger partial charge in [0.15, 0.2) is 0 Å². The quantitative estimate of drug-likeness (QED) is 0.832. The van der Waals surface area contributed by atoms with Crippen molar-refractivity contribution in [1.82, 2.24) is 0 Å². The van der Waals surface area contributed by atoms with Crippen molar-refractivity contribution in [1.29, 1.82) is 0 Å². The second-order valence-electron chi connectivity index (χ2n) is 4.70. The predicted octanol–water partition coefficient (Wildman–Crippen LogP) is 3.26. The second kappa shape index (κ2) is 5.50. The molecule has 0 aliphatic heterocycles. The molecule has 1 unspecified atom stereocenters. The summed E-state index contributed by atoms with van der Waals surface area (Å²) in [5.41, 5.74) is 7.15. The fourth-order valence-electron chi connectivity index (χ4n) is 2.77. The summed E-state index contributed by atoms with van der Waals surface area (Å²) < 4.78 is 5.17. The lowest BCUT2D eigenvalue weighted by molar-refractivity contribution is 0.414. The highest BCUT2D eigenvalue weighted by Crippen LogP contribution is 2.37. The number of hydrogen-bond donors (Lipinski definition) is 1. The lowest BCUT2D eigenvalue weighted by atomic mass is 9.85. The lowest BCUT2D eigenvalue weighted by Gasteiger charge is -2.22. The highest BCUT2D eigenvalue weighted by atomic mass is 32.1. The summed E-state index contributed by atoms with van der Waals surface area (Å²) in [5.74, 6) is 1.74. The molecule has 17 heavy (non-hydrogen) atoms. The Morgan fingerprint density at radius 3 is 2.35 bits per heavy atom. The van der Waals surface area contributed by atoms with Gasteiger partial charge in [0.25, 0.3) is 0 Å². The smallest absolute Gasteiger partial charge is 0.118 e. The molecule has 1 aromatic carbocycles. The van der Waals surface area contributed by atoms with Gasteiger partial charge in [0.2, 0.25) is 0 Å². The van der Waals surface area contributed by atoms with Gasteiger partial charge in [-0.25, -0.2) is 0 Å². The van der Waals surface area contributed by atoms with Crippen molar-refractivity contribution in [3.8, 4) is 5.75 Å². The fraction of sp³-hybridized carbons (Fsp3) is 0.500. The molecule has 0 spiro atoms. The van der Waals surface area contributed by atoms with E-state index in [9.17, 15) is 0 Å². The first-order valence-electron chi connectivity index (χ1n) is 6.15. The molecule has 1 aliphatic rings. The first-order chi connectivity index (χ1) is 8.22. The predicted molar refractivity (Wildman–Crippen MR) is 74.5 cm³/mol. The van der Waals surface area contributed by atoms with Crippen LogP contribution in [0.1, 0.15) is 37.2 Å². The van der Waals surface area contributed by atoms with E-state index in [1.165, 1.54) is 31.2 Å². The van der Waals surface area contributed by atoms with E-state index in [2.05, 4.69) is 12.1 Å². The Balaban J connectivity index is 2.22. The summed E-state index contributed by atoms with van der Waals surface area (Å²) in [6.07, 6.45) is 5.10. The van der Waals surface area contributed by atoms with Gasteiger partial charge in [0.05, 0.1) is 12.1 Å². The Morgan fingerprint density at radius 1 is 1.29 bits per heavy atom. The third-order valence-electron chi connectivity index (χ3n) is 3.65. The van der Waals surface area contributed by atoms with E-state index >= 15 is 0 Å². The summed E-state index contributed by atoms with van der Waals surface area (Å²) in [4.78, 5) is 0.627. The Labute approximate surface area is 108 Å². The molecule has 1 atom stereocenters. The molecule has 1 saturated carbocycles. The van der Waals surface area contributed by atoms with Crippen molar-refractivity contribution in [3.63, 3.8) is 0 Å². The summed E-state index contributed by atoms with van der Waals surface area (Å²) >= 11 is 5.24. The standard InChI is InChI=1S/C14H19NOS/c1-16-12-8-6-11(7-9-12)13(14(15)17)10-4-2-3-5-10/h6-10,13H,2-5H2,1H3,(H2,15,17). The van der Waals surface area contributed by atoms with Crippen molar-refractivity contribution in [2.45, 2.75) is 31.6 Å². The van der Waals surface area contributed by atoms with E-state index in [1.807, 2.05) is 12.1 Å². The van der Waals surface area contributed by atoms with Gasteiger partial charge >= 0.3 is 0 Å². The van der Waals surface area contributed by atoms with Crippen molar-refractivity contribution in [2.24, 2.45) is 11.7 Å². The van der Waals surface area contributed by atoms with E-state index in [1.54, 1.807) is 7.11 Å². The minimum atomic E-state index is 0.235. The van der Waals surface area contributed by atoms with Crippen molar-refractivity contribution in [3.05, 3.63) is 29.8 Å². The molecule has 1 fully saturated rings. The van der Waals surface area contributed by atoms with Crippen LogP contribution in [0.15, 0.2) is 24.3 Å². The molecule has 2 nitrogen and oxygen atoms in total. The minimum Gasteiger partial charge on any atom is -0.497 e. The van der Waals surface area contributed by atoms with Crippen LogP contribution < -0.4 is 10.5 Å². The number of hydrogen-bond acceptors (Lipinski definition) is 2. The van der Waals surface area contributed by atoms with Crippen LogP contribution in [-0.2, 0) is 0 Å². The first kappa shape index (κ1) is 12.4. The molecule has 0 radical (unpaired) electrons. The molecule has 92 valence electrons. The molecule has 2 N–H and O–H groups in total.